The second-order valence-electron chi connectivity index (χ2n) is 6.23. The van der Waals surface area contributed by atoms with E-state index >= 15 is 0 Å². The maximum atomic E-state index is 12.3. The summed E-state index contributed by atoms with van der Waals surface area (Å²) in [4.78, 5) is 13.6. The van der Waals surface area contributed by atoms with Crippen molar-refractivity contribution >= 4 is 29.3 Å². The predicted octanol–water partition coefficient (Wildman–Crippen LogP) is 4.59. The van der Waals surface area contributed by atoms with E-state index in [-0.39, 0.29) is 5.91 Å². The fourth-order valence-corrected chi connectivity index (χ4v) is 3.78. The maximum absolute atomic E-state index is 12.3. The van der Waals surface area contributed by atoms with Crippen LogP contribution in [-0.4, -0.2) is 28.0 Å². The van der Waals surface area contributed by atoms with Crippen molar-refractivity contribution in [1.29, 1.82) is 0 Å². The largest absolute Gasteiger partial charge is 0.355 e. The lowest BCUT2D eigenvalue weighted by atomic mass is 10.1. The summed E-state index contributed by atoms with van der Waals surface area (Å²) in [5.74, 6) is 0.864. The minimum absolute atomic E-state index is 0.0190. The van der Waals surface area contributed by atoms with Crippen LogP contribution in [0.4, 0.5) is 0 Å². The molecule has 0 unspecified atom stereocenters. The SMILES string of the molecule is Cc1nn(-c2ccc(Cl)cc2)c(C)c1CC(=O)NCCSc1ccccc1. The second-order valence-corrected chi connectivity index (χ2v) is 7.83. The molecule has 27 heavy (non-hydrogen) atoms. The van der Waals surface area contributed by atoms with Crippen molar-refractivity contribution in [1.82, 2.24) is 15.1 Å². The summed E-state index contributed by atoms with van der Waals surface area (Å²) in [5.41, 5.74) is 3.75. The molecule has 0 saturated carbocycles. The van der Waals surface area contributed by atoms with Crippen LogP contribution in [0.5, 0.6) is 0 Å². The van der Waals surface area contributed by atoms with Crippen LogP contribution in [-0.2, 0) is 11.2 Å². The molecule has 6 heteroatoms. The highest BCUT2D eigenvalue weighted by Crippen LogP contribution is 2.20. The minimum Gasteiger partial charge on any atom is -0.355 e. The highest BCUT2D eigenvalue weighted by atomic mass is 35.5. The predicted molar refractivity (Wildman–Crippen MR) is 112 cm³/mol. The van der Waals surface area contributed by atoms with Crippen molar-refractivity contribution in [2.24, 2.45) is 0 Å². The van der Waals surface area contributed by atoms with E-state index in [0.717, 1.165) is 28.4 Å². The quantitative estimate of drug-likeness (QED) is 0.466. The van der Waals surface area contributed by atoms with E-state index in [2.05, 4.69) is 22.5 Å². The van der Waals surface area contributed by atoms with E-state index in [0.29, 0.717) is 18.0 Å². The van der Waals surface area contributed by atoms with Crippen molar-refractivity contribution in [3.63, 3.8) is 0 Å². The van der Waals surface area contributed by atoms with Gasteiger partial charge in [-0.3, -0.25) is 4.79 Å². The lowest BCUT2D eigenvalue weighted by molar-refractivity contribution is -0.120. The first kappa shape index (κ1) is 19.5. The first-order valence-corrected chi connectivity index (χ1v) is 10.2. The Morgan fingerprint density at radius 1 is 1.11 bits per heavy atom. The molecule has 3 rings (SSSR count). The van der Waals surface area contributed by atoms with Crippen molar-refractivity contribution in [3.8, 4) is 5.69 Å². The van der Waals surface area contributed by atoms with E-state index in [1.165, 1.54) is 4.90 Å². The van der Waals surface area contributed by atoms with Crippen LogP contribution in [0.15, 0.2) is 59.5 Å². The standard InChI is InChI=1S/C21H22ClN3OS/c1-15-20(16(2)25(24-15)18-10-8-17(22)9-11-18)14-21(26)23-12-13-27-19-6-4-3-5-7-19/h3-11H,12-14H2,1-2H3,(H,23,26). The Morgan fingerprint density at radius 3 is 2.52 bits per heavy atom. The number of hydrogen-bond donors (Lipinski definition) is 1. The van der Waals surface area contributed by atoms with E-state index in [4.69, 9.17) is 11.6 Å². The number of aromatic nitrogens is 2. The van der Waals surface area contributed by atoms with Crippen LogP contribution in [0.3, 0.4) is 0 Å². The first-order chi connectivity index (χ1) is 13.0. The van der Waals surface area contributed by atoms with Crippen LogP contribution in [0.1, 0.15) is 17.0 Å². The van der Waals surface area contributed by atoms with Crippen molar-refractivity contribution in [3.05, 3.63) is 76.6 Å². The number of halogens is 1. The first-order valence-electron chi connectivity index (χ1n) is 8.80. The van der Waals surface area contributed by atoms with Gasteiger partial charge in [0.05, 0.1) is 17.8 Å². The lowest BCUT2D eigenvalue weighted by Crippen LogP contribution is -2.27. The topological polar surface area (TPSA) is 46.9 Å². The van der Waals surface area contributed by atoms with Crippen LogP contribution in [0.2, 0.25) is 5.02 Å². The Labute approximate surface area is 168 Å². The number of nitrogens with one attached hydrogen (secondary N) is 1. The molecule has 0 aliphatic heterocycles. The maximum Gasteiger partial charge on any atom is 0.224 e. The van der Waals surface area contributed by atoms with Gasteiger partial charge in [0.15, 0.2) is 0 Å². The molecular weight excluding hydrogens is 378 g/mol. The van der Waals surface area contributed by atoms with E-state index in [1.54, 1.807) is 11.8 Å². The molecule has 0 fully saturated rings. The lowest BCUT2D eigenvalue weighted by Gasteiger charge is -2.07. The zero-order valence-electron chi connectivity index (χ0n) is 15.4. The fraction of sp³-hybridized carbons (Fsp3) is 0.238. The zero-order valence-corrected chi connectivity index (χ0v) is 17.0. The average molecular weight is 400 g/mol. The molecule has 0 radical (unpaired) electrons. The Kier molecular flexibility index (Phi) is 6.58. The van der Waals surface area contributed by atoms with Gasteiger partial charge in [0.2, 0.25) is 5.91 Å². The molecule has 0 aliphatic carbocycles. The highest BCUT2D eigenvalue weighted by molar-refractivity contribution is 7.99. The van der Waals surface area contributed by atoms with E-state index < -0.39 is 0 Å². The molecule has 0 saturated heterocycles. The fourth-order valence-electron chi connectivity index (χ4n) is 2.86. The van der Waals surface area contributed by atoms with Crippen molar-refractivity contribution in [2.75, 3.05) is 12.3 Å². The summed E-state index contributed by atoms with van der Waals surface area (Å²) >= 11 is 7.70. The Bertz CT molecular complexity index is 907. The van der Waals surface area contributed by atoms with E-state index in [1.807, 2.05) is 61.0 Å². The molecule has 2 aromatic carbocycles. The van der Waals surface area contributed by atoms with Gasteiger partial charge in [-0.15, -0.1) is 11.8 Å². The van der Waals surface area contributed by atoms with Crippen LogP contribution < -0.4 is 5.32 Å². The molecule has 0 spiro atoms. The third-order valence-corrected chi connectivity index (χ3v) is 5.55. The summed E-state index contributed by atoms with van der Waals surface area (Å²) in [6.45, 7) is 4.57. The number of rotatable bonds is 7. The van der Waals surface area contributed by atoms with Gasteiger partial charge in [-0.2, -0.15) is 5.10 Å². The van der Waals surface area contributed by atoms with Gasteiger partial charge in [0.25, 0.3) is 0 Å². The number of aryl methyl sites for hydroxylation is 1. The highest BCUT2D eigenvalue weighted by Gasteiger charge is 2.15. The number of thioether (sulfide) groups is 1. The van der Waals surface area contributed by atoms with Gasteiger partial charge >= 0.3 is 0 Å². The molecule has 4 nitrogen and oxygen atoms in total. The summed E-state index contributed by atoms with van der Waals surface area (Å²) in [6.07, 6.45) is 0.335. The van der Waals surface area contributed by atoms with Crippen LogP contribution in [0, 0.1) is 13.8 Å². The summed E-state index contributed by atoms with van der Waals surface area (Å²) in [6, 6.07) is 17.7. The Morgan fingerprint density at radius 2 is 1.81 bits per heavy atom. The van der Waals surface area contributed by atoms with Gasteiger partial charge < -0.3 is 5.32 Å². The molecular formula is C21H22ClN3OS. The van der Waals surface area contributed by atoms with Crippen LogP contribution >= 0.6 is 23.4 Å². The summed E-state index contributed by atoms with van der Waals surface area (Å²) in [5, 5.41) is 8.28. The third kappa shape index (κ3) is 5.15. The number of amides is 1. The number of carbonyl (C=O) groups excluding carboxylic acids is 1. The van der Waals surface area contributed by atoms with Crippen molar-refractivity contribution in [2.45, 2.75) is 25.2 Å². The number of nitrogens with zero attached hydrogens (tertiary/aromatic N) is 2. The van der Waals surface area contributed by atoms with Crippen LogP contribution in [0.25, 0.3) is 5.69 Å². The number of carbonyl (C=O) groups is 1. The number of benzene rings is 2. The van der Waals surface area contributed by atoms with Crippen molar-refractivity contribution < 1.29 is 4.79 Å². The summed E-state index contributed by atoms with van der Waals surface area (Å²) < 4.78 is 1.86. The normalized spacial score (nSPS) is 10.8. The monoisotopic (exact) mass is 399 g/mol. The smallest absolute Gasteiger partial charge is 0.224 e. The zero-order chi connectivity index (χ0) is 19.2. The summed E-state index contributed by atoms with van der Waals surface area (Å²) in [7, 11) is 0. The van der Waals surface area contributed by atoms with Gasteiger partial charge in [-0.05, 0) is 50.2 Å². The van der Waals surface area contributed by atoms with Gasteiger partial charge in [-0.25, -0.2) is 4.68 Å². The average Bonchev–Trinajstić information content (AvgIpc) is 2.95. The molecule has 1 aromatic heterocycles. The third-order valence-electron chi connectivity index (χ3n) is 4.29. The Hall–Kier alpha value is -2.24. The molecule has 1 amide bonds. The molecule has 1 heterocycles. The molecule has 0 aliphatic rings. The molecule has 0 bridgehead atoms. The molecule has 3 aromatic rings. The minimum atomic E-state index is 0.0190. The number of hydrogen-bond acceptors (Lipinski definition) is 3. The molecule has 0 atom stereocenters. The van der Waals surface area contributed by atoms with Gasteiger partial charge in [0, 0.05) is 33.5 Å². The van der Waals surface area contributed by atoms with Gasteiger partial charge in [0.1, 0.15) is 0 Å². The Balaban J connectivity index is 1.57. The molecule has 140 valence electrons. The van der Waals surface area contributed by atoms with Gasteiger partial charge in [-0.1, -0.05) is 29.8 Å². The van der Waals surface area contributed by atoms with E-state index in [9.17, 15) is 4.79 Å². The molecule has 1 N–H and O–H groups in total. The second kappa shape index (κ2) is 9.11.